The van der Waals surface area contributed by atoms with Crippen molar-refractivity contribution in [3.8, 4) is 0 Å². The molecule has 3 aromatic rings. The van der Waals surface area contributed by atoms with Gasteiger partial charge in [-0.15, -0.1) is 0 Å². The average molecular weight is 425 g/mol. The van der Waals surface area contributed by atoms with Crippen molar-refractivity contribution < 1.29 is 20.3 Å². The Bertz CT molecular complexity index is 777. The van der Waals surface area contributed by atoms with E-state index in [1.807, 2.05) is 94.4 Å². The number of hydrogen-bond donors (Lipinski definition) is 2. The van der Waals surface area contributed by atoms with Gasteiger partial charge in [0.25, 0.3) is 0 Å². The van der Waals surface area contributed by atoms with Crippen LogP contribution >= 0.6 is 0 Å². The van der Waals surface area contributed by atoms with E-state index in [4.69, 9.17) is 20.3 Å². The second-order valence-electron chi connectivity index (χ2n) is 8.48. The van der Waals surface area contributed by atoms with Crippen LogP contribution in [-0.4, -0.2) is 10.5 Å². The highest BCUT2D eigenvalue weighted by Crippen LogP contribution is 2.31. The van der Waals surface area contributed by atoms with Crippen LogP contribution in [0.15, 0.2) is 91.0 Å². The summed E-state index contributed by atoms with van der Waals surface area (Å²) in [6.45, 7) is 12.4. The minimum absolute atomic E-state index is 0.493. The first kappa shape index (κ1) is 26.5. The van der Waals surface area contributed by atoms with Crippen LogP contribution in [-0.2, 0) is 21.0 Å². The molecule has 0 amide bonds. The Hall–Kier alpha value is -2.50. The van der Waals surface area contributed by atoms with Crippen LogP contribution in [0.4, 0.5) is 0 Å². The lowest BCUT2D eigenvalue weighted by molar-refractivity contribution is -0.410. The summed E-state index contributed by atoms with van der Waals surface area (Å²) in [5.74, 6) is 0.659. The maximum absolute atomic E-state index is 6.00. The Morgan fingerprint density at radius 2 is 0.839 bits per heavy atom. The molecule has 0 spiro atoms. The number of hydrogen-bond acceptors (Lipinski definition) is 4. The van der Waals surface area contributed by atoms with Gasteiger partial charge in [0, 0.05) is 0 Å². The third-order valence-corrected chi connectivity index (χ3v) is 4.86. The van der Waals surface area contributed by atoms with Crippen LogP contribution in [0.5, 0.6) is 0 Å². The summed E-state index contributed by atoms with van der Waals surface area (Å²) >= 11 is 0. The van der Waals surface area contributed by atoms with Crippen molar-refractivity contribution in [3.05, 3.63) is 108 Å². The molecule has 0 aliphatic heterocycles. The van der Waals surface area contributed by atoms with Gasteiger partial charge in [-0.1, -0.05) is 105 Å². The molecule has 3 aromatic carbocycles. The first-order valence-electron chi connectivity index (χ1n) is 10.5. The van der Waals surface area contributed by atoms with Crippen LogP contribution in [0.3, 0.4) is 0 Å². The Balaban J connectivity index is 0.000000365. The minimum Gasteiger partial charge on any atom is -0.255 e. The minimum atomic E-state index is -0.493. The fourth-order valence-electron chi connectivity index (χ4n) is 2.82. The van der Waals surface area contributed by atoms with E-state index in [9.17, 15) is 0 Å². The molecular weight excluding hydrogens is 388 g/mol. The molecule has 3 rings (SSSR count). The topological polar surface area (TPSA) is 58.9 Å². The largest absolute Gasteiger partial charge is 0.255 e. The summed E-state index contributed by atoms with van der Waals surface area (Å²) in [6.07, 6.45) is 0. The van der Waals surface area contributed by atoms with Crippen molar-refractivity contribution in [1.82, 2.24) is 0 Å². The third-order valence-electron chi connectivity index (χ3n) is 4.86. The molecule has 2 N–H and O–H groups in total. The van der Waals surface area contributed by atoms with Gasteiger partial charge in [-0.3, -0.25) is 10.5 Å². The van der Waals surface area contributed by atoms with Crippen molar-refractivity contribution in [3.63, 3.8) is 0 Å². The second kappa shape index (κ2) is 13.0. The normalized spacial score (nSPS) is 11.1. The number of benzene rings is 3. The predicted octanol–water partition coefficient (Wildman–Crippen LogP) is 7.63. The molecule has 0 unspecified atom stereocenters. The summed E-state index contributed by atoms with van der Waals surface area (Å²) < 4.78 is 0. The average Bonchev–Trinajstić information content (AvgIpc) is 2.81. The van der Waals surface area contributed by atoms with E-state index in [2.05, 4.69) is 38.1 Å². The lowest BCUT2D eigenvalue weighted by Gasteiger charge is -2.31. The van der Waals surface area contributed by atoms with E-state index < -0.39 is 11.2 Å². The first-order valence-corrected chi connectivity index (χ1v) is 10.5. The second-order valence-corrected chi connectivity index (χ2v) is 8.48. The van der Waals surface area contributed by atoms with E-state index in [-0.39, 0.29) is 0 Å². The molecule has 0 radical (unpaired) electrons. The Kier molecular flexibility index (Phi) is 11.2. The van der Waals surface area contributed by atoms with E-state index >= 15 is 0 Å². The van der Waals surface area contributed by atoms with E-state index in [0.717, 1.165) is 11.1 Å². The van der Waals surface area contributed by atoms with Gasteiger partial charge < -0.3 is 0 Å². The lowest BCUT2D eigenvalue weighted by atomic mass is 9.98. The lowest BCUT2D eigenvalue weighted by Crippen LogP contribution is -2.29. The van der Waals surface area contributed by atoms with Gasteiger partial charge in [-0.05, 0) is 50.3 Å². The monoisotopic (exact) mass is 424 g/mol. The fourth-order valence-corrected chi connectivity index (χ4v) is 2.82. The van der Waals surface area contributed by atoms with E-state index in [1.165, 1.54) is 5.56 Å². The molecule has 0 fully saturated rings. The summed E-state index contributed by atoms with van der Waals surface area (Å²) in [7, 11) is 0. The zero-order valence-corrected chi connectivity index (χ0v) is 19.4. The molecule has 168 valence electrons. The zero-order chi connectivity index (χ0) is 23.3. The van der Waals surface area contributed by atoms with Crippen LogP contribution in [0.1, 0.15) is 64.2 Å². The summed E-state index contributed by atoms with van der Waals surface area (Å²) in [4.78, 5) is 11.5. The Labute approximate surface area is 187 Å². The van der Waals surface area contributed by atoms with Crippen LogP contribution in [0.2, 0.25) is 0 Å². The van der Waals surface area contributed by atoms with Gasteiger partial charge in [0.1, 0.15) is 11.2 Å². The van der Waals surface area contributed by atoms with Crippen LogP contribution in [0, 0.1) is 0 Å². The van der Waals surface area contributed by atoms with Crippen LogP contribution in [0.25, 0.3) is 0 Å². The smallest absolute Gasteiger partial charge is 0.123 e. The molecular formula is C27H36O4. The quantitative estimate of drug-likeness (QED) is 0.315. The van der Waals surface area contributed by atoms with Crippen molar-refractivity contribution >= 4 is 0 Å². The maximum atomic E-state index is 6.00. The molecule has 0 atom stereocenters. The predicted molar refractivity (Wildman–Crippen MR) is 127 cm³/mol. The van der Waals surface area contributed by atoms with Gasteiger partial charge in [-0.25, -0.2) is 9.78 Å². The molecule has 0 bridgehead atoms. The van der Waals surface area contributed by atoms with Gasteiger partial charge in [0.15, 0.2) is 0 Å². The highest BCUT2D eigenvalue weighted by molar-refractivity contribution is 5.22. The highest BCUT2D eigenvalue weighted by Gasteiger charge is 2.29. The van der Waals surface area contributed by atoms with Crippen molar-refractivity contribution in [2.45, 2.75) is 58.7 Å². The van der Waals surface area contributed by atoms with Crippen molar-refractivity contribution in [2.24, 2.45) is 0 Å². The molecule has 4 heteroatoms. The Morgan fingerprint density at radius 3 is 1.10 bits per heavy atom. The van der Waals surface area contributed by atoms with Gasteiger partial charge in [0.2, 0.25) is 0 Å². The summed E-state index contributed by atoms with van der Waals surface area (Å²) in [5.41, 5.74) is 2.60. The molecule has 0 aliphatic rings. The maximum Gasteiger partial charge on any atom is 0.123 e. The van der Waals surface area contributed by atoms with E-state index in [0.29, 0.717) is 5.92 Å². The highest BCUT2D eigenvalue weighted by atomic mass is 17.2. The fraction of sp³-hybridized carbons (Fsp3) is 0.333. The Morgan fingerprint density at radius 1 is 0.548 bits per heavy atom. The van der Waals surface area contributed by atoms with E-state index in [1.54, 1.807) is 0 Å². The summed E-state index contributed by atoms with van der Waals surface area (Å²) in [5, 5.41) is 12.0. The van der Waals surface area contributed by atoms with Crippen molar-refractivity contribution in [2.75, 3.05) is 0 Å². The summed E-state index contributed by atoms with van der Waals surface area (Å²) in [6, 6.07) is 30.7. The van der Waals surface area contributed by atoms with Gasteiger partial charge in [0.05, 0.1) is 0 Å². The molecule has 4 nitrogen and oxygen atoms in total. The molecule has 31 heavy (non-hydrogen) atoms. The molecule has 0 saturated carbocycles. The third kappa shape index (κ3) is 9.03. The standard InChI is InChI=1S/C18H22O2.C9H12.H2O2/c1-17(2,15-11-7-5-8-12-15)19-20-18(3,4)16-13-9-6-10-14-16;1-8(2)9-6-4-3-5-7-9;1-2/h5-14H,1-4H3;3-8H,1-2H3;1-2H. The molecule has 0 aromatic heterocycles. The van der Waals surface area contributed by atoms with Crippen molar-refractivity contribution in [1.29, 1.82) is 0 Å². The SMILES string of the molecule is CC(C)(OOC(C)(C)c1ccccc1)c1ccccc1.CC(C)c1ccccc1.OO. The zero-order valence-electron chi connectivity index (χ0n) is 19.4. The molecule has 0 saturated heterocycles. The van der Waals surface area contributed by atoms with Gasteiger partial charge in [-0.2, -0.15) is 0 Å². The number of rotatable bonds is 6. The molecule has 0 heterocycles. The first-order chi connectivity index (χ1) is 14.7. The van der Waals surface area contributed by atoms with Crippen LogP contribution < -0.4 is 0 Å². The van der Waals surface area contributed by atoms with Gasteiger partial charge >= 0.3 is 0 Å². The molecule has 0 aliphatic carbocycles.